The molecule has 0 unspecified atom stereocenters. The molecule has 2 aromatic rings. The van der Waals surface area contributed by atoms with Crippen LogP contribution in [-0.2, 0) is 27.3 Å². The summed E-state index contributed by atoms with van der Waals surface area (Å²) in [6.45, 7) is 5.11. The number of nitro groups is 2. The van der Waals surface area contributed by atoms with Gasteiger partial charge >= 0.3 is 27.3 Å². The van der Waals surface area contributed by atoms with Crippen molar-refractivity contribution < 1.29 is 37.1 Å². The summed E-state index contributed by atoms with van der Waals surface area (Å²) in [6.07, 6.45) is 9.91. The van der Waals surface area contributed by atoms with Crippen LogP contribution < -0.4 is 0 Å². The van der Waals surface area contributed by atoms with Crippen LogP contribution in [0.25, 0.3) is 23.6 Å². The van der Waals surface area contributed by atoms with Gasteiger partial charge in [-0.3, -0.25) is 30.2 Å². The number of hydrogen-bond acceptors (Lipinski definition) is 8. The van der Waals surface area contributed by atoms with Crippen LogP contribution in [0, 0.1) is 25.6 Å². The summed E-state index contributed by atoms with van der Waals surface area (Å²) in [7, 11) is 0. The zero-order chi connectivity index (χ0) is 28.1. The van der Waals surface area contributed by atoms with Gasteiger partial charge in [-0.05, 0) is 36.4 Å². The summed E-state index contributed by atoms with van der Waals surface area (Å²) in [5.74, 6) is 0.389. The molecule has 2 aromatic carbocycles. The Bertz CT molecular complexity index is 1010. The van der Waals surface area contributed by atoms with Gasteiger partial charge < -0.3 is 11.5 Å². The summed E-state index contributed by atoms with van der Waals surface area (Å²) >= 11 is 6.91. The van der Waals surface area contributed by atoms with Gasteiger partial charge in [-0.15, -0.1) is 11.8 Å². The van der Waals surface area contributed by atoms with Crippen LogP contribution in [0.15, 0.2) is 70.7 Å². The molecule has 0 aliphatic rings. The van der Waals surface area contributed by atoms with Crippen LogP contribution in [0.1, 0.15) is 25.0 Å². The summed E-state index contributed by atoms with van der Waals surface area (Å²) in [5, 5.41) is 22.0. The number of benzene rings is 2. The van der Waals surface area contributed by atoms with E-state index in [1.807, 2.05) is 13.8 Å². The molecule has 38 heavy (non-hydrogen) atoms. The smallest absolute Gasteiger partial charge is 0.669 e. The first kappa shape index (κ1) is 37.8. The van der Waals surface area contributed by atoms with E-state index >= 15 is 0 Å². The molecule has 0 atom stereocenters. The van der Waals surface area contributed by atoms with Gasteiger partial charge in [0.25, 0.3) is 11.4 Å². The molecule has 2 rings (SSSR count). The SMILES string of the molecule is CC(C)(CN=C/C=C/c1ccccc1[N+](=O)[O-])CN=C/C=C/c1ccccc1[N+](=O)[O-].[Cd+2].[NH-]CS.[NH-]CS. The van der Waals surface area contributed by atoms with Crippen molar-refractivity contribution in [2.45, 2.75) is 13.8 Å². The molecule has 0 saturated carbocycles. The van der Waals surface area contributed by atoms with Crippen molar-refractivity contribution in [3.05, 3.63) is 104 Å². The van der Waals surface area contributed by atoms with Gasteiger partial charge in [0.2, 0.25) is 0 Å². The molecule has 0 saturated heterocycles. The Morgan fingerprint density at radius 2 is 1.11 bits per heavy atom. The average Bonchev–Trinajstić information content (AvgIpc) is 2.85. The van der Waals surface area contributed by atoms with E-state index in [2.05, 4.69) is 35.2 Å². The molecule has 0 spiro atoms. The predicted molar refractivity (Wildman–Crippen MR) is 161 cm³/mol. The van der Waals surface area contributed by atoms with E-state index < -0.39 is 9.85 Å². The maximum atomic E-state index is 11.0. The van der Waals surface area contributed by atoms with E-state index in [0.717, 1.165) is 0 Å². The first-order chi connectivity index (χ1) is 17.6. The number of nitro benzene ring substituents is 2. The molecule has 0 aromatic heterocycles. The monoisotopic (exact) mass is 658 g/mol. The van der Waals surface area contributed by atoms with Crippen molar-refractivity contribution in [3.63, 3.8) is 0 Å². The van der Waals surface area contributed by atoms with Crippen molar-refractivity contribution >= 4 is 61.2 Å². The molecule has 200 valence electrons. The molecular weight excluding hydrogens is 625 g/mol. The van der Waals surface area contributed by atoms with Gasteiger partial charge in [-0.2, -0.15) is 0 Å². The number of allylic oxidation sites excluding steroid dienone is 2. The summed E-state index contributed by atoms with van der Waals surface area (Å²) in [5.41, 5.74) is 13.1. The quantitative estimate of drug-likeness (QED) is 0.0907. The van der Waals surface area contributed by atoms with Crippen LogP contribution in [0.2, 0.25) is 0 Å². The number of rotatable bonds is 10. The van der Waals surface area contributed by atoms with Gasteiger partial charge in [0, 0.05) is 43.1 Å². The van der Waals surface area contributed by atoms with E-state index in [0.29, 0.717) is 24.2 Å². The standard InChI is InChI=1S/C23H24N4O4.2CH4NS.Cd/c1-23(2,17-24-15-7-11-19-9-3-5-13-21(19)26(28)29)18-25-16-8-12-20-10-4-6-14-22(20)27(30)31;2*2-1-3;/h3-16H,17-18H2,1-2H3;2*2-3H,1H2;/q;2*-1;+2/b11-7+,12-8+,24-15?,25-16?;;;. The largest absolute Gasteiger partial charge is 2.00 e. The minimum Gasteiger partial charge on any atom is -0.669 e. The number of thiol groups is 2. The van der Waals surface area contributed by atoms with Crippen LogP contribution in [0.4, 0.5) is 11.4 Å². The fourth-order valence-corrected chi connectivity index (χ4v) is 2.65. The topological polar surface area (TPSA) is 159 Å². The van der Waals surface area contributed by atoms with Crippen molar-refractivity contribution in [3.8, 4) is 0 Å². The Balaban J connectivity index is 0. The van der Waals surface area contributed by atoms with E-state index in [1.54, 1.807) is 73.1 Å². The first-order valence-corrected chi connectivity index (χ1v) is 12.2. The molecule has 0 aliphatic heterocycles. The third-order valence-corrected chi connectivity index (χ3v) is 4.24. The van der Waals surface area contributed by atoms with Gasteiger partial charge in [0.1, 0.15) is 0 Å². The fraction of sp³-hybridized carbons (Fsp3) is 0.280. The molecular formula is C25H32CdN6O4S2. The minimum atomic E-state index is -0.414. The Morgan fingerprint density at radius 3 is 1.42 bits per heavy atom. The predicted octanol–water partition coefficient (Wildman–Crippen LogP) is 7.25. The molecule has 0 radical (unpaired) electrons. The van der Waals surface area contributed by atoms with Crippen LogP contribution in [0.5, 0.6) is 0 Å². The summed E-state index contributed by atoms with van der Waals surface area (Å²) < 4.78 is 0. The molecule has 0 aliphatic carbocycles. The van der Waals surface area contributed by atoms with Gasteiger partial charge in [-0.1, -0.05) is 38.1 Å². The van der Waals surface area contributed by atoms with Crippen LogP contribution >= 0.6 is 25.3 Å². The van der Waals surface area contributed by atoms with Gasteiger partial charge in [0.05, 0.1) is 21.0 Å². The number of hydrogen-bond donors (Lipinski definition) is 2. The Kier molecular flexibility index (Phi) is 22.4. The zero-order valence-electron chi connectivity index (χ0n) is 21.4. The fourth-order valence-electron chi connectivity index (χ4n) is 2.65. The van der Waals surface area contributed by atoms with Crippen molar-refractivity contribution in [1.82, 2.24) is 0 Å². The molecule has 0 fully saturated rings. The molecule has 10 nitrogen and oxygen atoms in total. The second-order valence-electron chi connectivity index (χ2n) is 7.81. The summed E-state index contributed by atoms with van der Waals surface area (Å²) in [4.78, 5) is 29.9. The van der Waals surface area contributed by atoms with Crippen LogP contribution in [-0.4, -0.2) is 47.1 Å². The van der Waals surface area contributed by atoms with E-state index in [4.69, 9.17) is 11.5 Å². The van der Waals surface area contributed by atoms with Crippen LogP contribution in [0.3, 0.4) is 0 Å². The molecule has 0 bridgehead atoms. The minimum absolute atomic E-state index is 0. The Hall–Kier alpha value is -2.40. The van der Waals surface area contributed by atoms with Crippen molar-refractivity contribution in [1.29, 1.82) is 0 Å². The molecule has 2 N–H and O–H groups in total. The zero-order valence-corrected chi connectivity index (χ0v) is 27.3. The number of para-hydroxylation sites is 2. The molecule has 0 amide bonds. The number of aliphatic imine (C=N–C) groups is 2. The Labute approximate surface area is 254 Å². The third-order valence-electron chi connectivity index (χ3n) is 4.24. The van der Waals surface area contributed by atoms with E-state index in [9.17, 15) is 20.2 Å². The Morgan fingerprint density at radius 1 is 0.789 bits per heavy atom. The molecule has 0 heterocycles. The van der Waals surface area contributed by atoms with Crippen molar-refractivity contribution in [2.75, 3.05) is 24.8 Å². The number of nitrogens with one attached hydrogen (secondary N) is 2. The maximum Gasteiger partial charge on any atom is 2.00 e. The normalized spacial score (nSPS) is 11.1. The first-order valence-electron chi connectivity index (χ1n) is 10.9. The second kappa shape index (κ2) is 22.6. The maximum absolute atomic E-state index is 11.0. The van der Waals surface area contributed by atoms with Gasteiger partial charge in [-0.25, -0.2) is 25.3 Å². The second-order valence-corrected chi connectivity index (χ2v) is 8.44. The van der Waals surface area contributed by atoms with E-state index in [1.165, 1.54) is 12.1 Å². The summed E-state index contributed by atoms with van der Waals surface area (Å²) in [6, 6.07) is 13.0. The van der Waals surface area contributed by atoms with E-state index in [-0.39, 0.29) is 55.8 Å². The average molecular weight is 657 g/mol. The van der Waals surface area contributed by atoms with Gasteiger partial charge in [0.15, 0.2) is 0 Å². The number of nitrogens with zero attached hydrogens (tertiary/aromatic N) is 4. The van der Waals surface area contributed by atoms with Crippen molar-refractivity contribution in [2.24, 2.45) is 15.4 Å². The molecule has 13 heteroatoms. The third kappa shape index (κ3) is 17.2.